The summed E-state index contributed by atoms with van der Waals surface area (Å²) in [7, 11) is 0. The molecule has 0 aliphatic heterocycles. The third-order valence-corrected chi connectivity index (χ3v) is 4.81. The van der Waals surface area contributed by atoms with Crippen molar-refractivity contribution in [1.29, 1.82) is 0 Å². The zero-order chi connectivity index (χ0) is 18.9. The molecule has 2 aromatic carbocycles. The van der Waals surface area contributed by atoms with Crippen LogP contribution < -0.4 is 10.6 Å². The van der Waals surface area contributed by atoms with Gasteiger partial charge in [0.25, 0.3) is 0 Å². The summed E-state index contributed by atoms with van der Waals surface area (Å²) in [5.74, 6) is 1.36. The van der Waals surface area contributed by atoms with Crippen LogP contribution in [0.1, 0.15) is 5.69 Å². The van der Waals surface area contributed by atoms with Crippen molar-refractivity contribution in [1.82, 2.24) is 19.5 Å². The first kappa shape index (κ1) is 16.4. The molecule has 138 valence electrons. The molecule has 6 heteroatoms. The molecule has 0 amide bonds. The predicted molar refractivity (Wildman–Crippen MR) is 114 cm³/mol. The Morgan fingerprint density at radius 1 is 1.00 bits per heavy atom. The Hall–Kier alpha value is -3.80. The van der Waals surface area contributed by atoms with E-state index in [2.05, 4.69) is 66.7 Å². The van der Waals surface area contributed by atoms with Gasteiger partial charge in [-0.15, -0.1) is 0 Å². The molecule has 0 unspecified atom stereocenters. The van der Waals surface area contributed by atoms with Crippen molar-refractivity contribution in [3.63, 3.8) is 0 Å². The average Bonchev–Trinajstić information content (AvgIpc) is 3.33. The molecule has 0 aliphatic rings. The molecule has 6 nitrogen and oxygen atoms in total. The van der Waals surface area contributed by atoms with Gasteiger partial charge in [0.05, 0.1) is 12.4 Å². The molecule has 5 aromatic rings. The van der Waals surface area contributed by atoms with Crippen molar-refractivity contribution in [2.75, 3.05) is 10.6 Å². The van der Waals surface area contributed by atoms with E-state index in [0.29, 0.717) is 12.6 Å². The van der Waals surface area contributed by atoms with Crippen molar-refractivity contribution in [2.45, 2.75) is 13.6 Å². The molecule has 3 aromatic heterocycles. The summed E-state index contributed by atoms with van der Waals surface area (Å²) in [6.07, 6.45) is 4.01. The van der Waals surface area contributed by atoms with Gasteiger partial charge >= 0.3 is 0 Å². The first-order chi connectivity index (χ1) is 13.8. The number of aryl methyl sites for hydroxylation is 1. The zero-order valence-electron chi connectivity index (χ0n) is 15.5. The van der Waals surface area contributed by atoms with Gasteiger partial charge in [0.15, 0.2) is 0 Å². The van der Waals surface area contributed by atoms with Crippen LogP contribution in [-0.2, 0) is 6.67 Å². The second kappa shape index (κ2) is 6.74. The Balaban J connectivity index is 1.39. The molecule has 3 N–H and O–H groups in total. The van der Waals surface area contributed by atoms with E-state index in [-0.39, 0.29) is 0 Å². The van der Waals surface area contributed by atoms with Crippen LogP contribution in [0.5, 0.6) is 0 Å². The summed E-state index contributed by atoms with van der Waals surface area (Å²) in [6.45, 7) is 2.61. The van der Waals surface area contributed by atoms with Crippen LogP contribution in [0.15, 0.2) is 73.1 Å². The highest BCUT2D eigenvalue weighted by Gasteiger charge is 2.07. The van der Waals surface area contributed by atoms with E-state index in [1.54, 1.807) is 0 Å². The van der Waals surface area contributed by atoms with Crippen LogP contribution in [0.4, 0.5) is 17.5 Å². The van der Waals surface area contributed by atoms with Crippen molar-refractivity contribution < 1.29 is 0 Å². The summed E-state index contributed by atoms with van der Waals surface area (Å²) in [5, 5.41) is 9.09. The van der Waals surface area contributed by atoms with Gasteiger partial charge < -0.3 is 20.2 Å². The maximum atomic E-state index is 4.64. The number of hydrogen-bond acceptors (Lipinski definition) is 4. The van der Waals surface area contributed by atoms with E-state index in [4.69, 9.17) is 0 Å². The smallest absolute Gasteiger partial charge is 0.229 e. The number of hydrogen-bond donors (Lipinski definition) is 3. The molecule has 0 atom stereocenters. The summed E-state index contributed by atoms with van der Waals surface area (Å²) in [6, 6.07) is 20.5. The number of rotatable bonds is 5. The van der Waals surface area contributed by atoms with Crippen molar-refractivity contribution in [3.8, 4) is 0 Å². The monoisotopic (exact) mass is 368 g/mol. The van der Waals surface area contributed by atoms with Crippen molar-refractivity contribution in [2.24, 2.45) is 0 Å². The Kier molecular flexibility index (Phi) is 3.94. The van der Waals surface area contributed by atoms with Gasteiger partial charge in [-0.1, -0.05) is 24.3 Å². The number of benzene rings is 2. The lowest BCUT2D eigenvalue weighted by atomic mass is 10.2. The first-order valence-electron chi connectivity index (χ1n) is 9.23. The summed E-state index contributed by atoms with van der Waals surface area (Å²) in [5.41, 5.74) is 4.15. The highest BCUT2D eigenvalue weighted by Crippen LogP contribution is 2.25. The zero-order valence-corrected chi connectivity index (χ0v) is 15.5. The molecular weight excluding hydrogens is 348 g/mol. The lowest BCUT2D eigenvalue weighted by Gasteiger charge is -2.12. The molecule has 28 heavy (non-hydrogen) atoms. The molecule has 3 heterocycles. The number of aromatic nitrogens is 4. The number of nitrogens with one attached hydrogen (secondary N) is 3. The Bertz CT molecular complexity index is 1270. The van der Waals surface area contributed by atoms with E-state index >= 15 is 0 Å². The fourth-order valence-corrected chi connectivity index (χ4v) is 3.47. The summed E-state index contributed by atoms with van der Waals surface area (Å²) < 4.78 is 2.17. The second-order valence-electron chi connectivity index (χ2n) is 6.77. The van der Waals surface area contributed by atoms with E-state index in [9.17, 15) is 0 Å². The van der Waals surface area contributed by atoms with Gasteiger partial charge in [0.2, 0.25) is 5.95 Å². The lowest BCUT2D eigenvalue weighted by molar-refractivity contribution is 0.804. The van der Waals surface area contributed by atoms with Crippen LogP contribution in [0.2, 0.25) is 0 Å². The minimum atomic E-state index is 0.577. The third kappa shape index (κ3) is 3.05. The first-order valence-corrected chi connectivity index (χ1v) is 9.23. The van der Waals surface area contributed by atoms with Crippen LogP contribution in [-0.4, -0.2) is 19.5 Å². The normalized spacial score (nSPS) is 11.2. The van der Waals surface area contributed by atoms with Gasteiger partial charge in [-0.25, -0.2) is 4.98 Å². The molecule has 0 radical (unpaired) electrons. The Morgan fingerprint density at radius 3 is 2.89 bits per heavy atom. The molecular formula is C22H20N6. The SMILES string of the molecule is Cc1cc(NCn2ccc3ccccc32)nc(Nc2cccc3[nH]ccc23)n1. The number of anilines is 3. The number of aromatic amines is 1. The van der Waals surface area contributed by atoms with Gasteiger partial charge in [-0.3, -0.25) is 0 Å². The molecule has 0 aliphatic carbocycles. The van der Waals surface area contributed by atoms with Gasteiger partial charge in [-0.05, 0) is 42.6 Å². The van der Waals surface area contributed by atoms with Gasteiger partial charge in [0.1, 0.15) is 5.82 Å². The van der Waals surface area contributed by atoms with E-state index in [1.165, 1.54) is 10.9 Å². The fraction of sp³-hybridized carbons (Fsp3) is 0.0909. The number of nitrogens with zero attached hydrogens (tertiary/aromatic N) is 3. The number of para-hydroxylation sites is 1. The summed E-state index contributed by atoms with van der Waals surface area (Å²) >= 11 is 0. The van der Waals surface area contributed by atoms with Crippen LogP contribution in [0.25, 0.3) is 21.8 Å². The average molecular weight is 368 g/mol. The van der Waals surface area contributed by atoms with Crippen LogP contribution >= 0.6 is 0 Å². The summed E-state index contributed by atoms with van der Waals surface area (Å²) in [4.78, 5) is 12.4. The minimum Gasteiger partial charge on any atom is -0.361 e. The Labute approximate surface area is 162 Å². The van der Waals surface area contributed by atoms with E-state index < -0.39 is 0 Å². The third-order valence-electron chi connectivity index (χ3n) is 4.81. The quantitative estimate of drug-likeness (QED) is 0.407. The Morgan fingerprint density at radius 2 is 1.93 bits per heavy atom. The van der Waals surface area contributed by atoms with Crippen LogP contribution in [0, 0.1) is 6.92 Å². The van der Waals surface area contributed by atoms with Crippen molar-refractivity contribution in [3.05, 3.63) is 78.8 Å². The van der Waals surface area contributed by atoms with Gasteiger partial charge in [0, 0.05) is 40.6 Å². The highest BCUT2D eigenvalue weighted by atomic mass is 15.2. The van der Waals surface area contributed by atoms with Gasteiger partial charge in [-0.2, -0.15) is 4.98 Å². The topological polar surface area (TPSA) is 70.6 Å². The molecule has 5 rings (SSSR count). The fourth-order valence-electron chi connectivity index (χ4n) is 3.47. The second-order valence-corrected chi connectivity index (χ2v) is 6.77. The minimum absolute atomic E-state index is 0.577. The molecule has 0 saturated carbocycles. The van der Waals surface area contributed by atoms with E-state index in [0.717, 1.165) is 28.1 Å². The van der Waals surface area contributed by atoms with Crippen molar-refractivity contribution >= 4 is 39.3 Å². The highest BCUT2D eigenvalue weighted by molar-refractivity contribution is 5.93. The molecule has 0 bridgehead atoms. The van der Waals surface area contributed by atoms with Crippen LogP contribution in [0.3, 0.4) is 0 Å². The number of fused-ring (bicyclic) bond motifs is 2. The maximum absolute atomic E-state index is 4.64. The lowest BCUT2D eigenvalue weighted by Crippen LogP contribution is -2.09. The number of H-pyrrole nitrogens is 1. The predicted octanol–water partition coefficient (Wildman–Crippen LogP) is 5.03. The molecule has 0 saturated heterocycles. The molecule has 0 fully saturated rings. The van der Waals surface area contributed by atoms with E-state index in [1.807, 2.05) is 43.5 Å². The molecule has 0 spiro atoms. The maximum Gasteiger partial charge on any atom is 0.229 e. The largest absolute Gasteiger partial charge is 0.361 e. The standard InChI is InChI=1S/C22H20N6/c1-15-13-21(24-14-28-12-10-16-5-2-3-8-20(16)28)27-22(25-15)26-19-7-4-6-18-17(19)9-11-23-18/h2-13,23H,14H2,1H3,(H2,24,25,26,27).